The average molecular weight is 710 g/mol. The first-order valence-corrected chi connectivity index (χ1v) is 23.0. The second kappa shape index (κ2) is 22.7. The zero-order valence-electron chi connectivity index (χ0n) is 35.0. The number of fused-ring (bicyclic) bond motifs is 5. The van der Waals surface area contributed by atoms with E-state index in [2.05, 4.69) is 59.8 Å². The third-order valence-electron chi connectivity index (χ3n) is 15.1. The van der Waals surface area contributed by atoms with Gasteiger partial charge in [0.2, 0.25) is 0 Å². The maximum absolute atomic E-state index is 6.57. The number of nitrogens with two attached hydrogens (primary N) is 1. The van der Waals surface area contributed by atoms with Gasteiger partial charge in [0.1, 0.15) is 0 Å². The van der Waals surface area contributed by atoms with Crippen LogP contribution in [0, 0.1) is 46.3 Å². The number of hydrogen-bond acceptors (Lipinski definition) is 3. The van der Waals surface area contributed by atoms with Crippen molar-refractivity contribution in [1.82, 2.24) is 0 Å². The second-order valence-electron chi connectivity index (χ2n) is 19.2. The normalized spacial score (nSPS) is 31.8. The number of unbranched alkanes of at least 4 members (excludes halogenated alkanes) is 12. The van der Waals surface area contributed by atoms with Gasteiger partial charge in [0.15, 0.2) is 0 Å². The smallest absolute Gasteiger partial charge is 0.0930 e. The Morgan fingerprint density at radius 1 is 0.784 bits per heavy atom. The highest BCUT2D eigenvalue weighted by atomic mass is 16.5. The van der Waals surface area contributed by atoms with Crippen LogP contribution >= 0.6 is 0 Å². The monoisotopic (exact) mass is 710 g/mol. The van der Waals surface area contributed by atoms with Crippen molar-refractivity contribution < 1.29 is 9.47 Å². The van der Waals surface area contributed by atoms with Gasteiger partial charge in [-0.3, -0.25) is 0 Å². The molecule has 4 rings (SSSR count). The summed E-state index contributed by atoms with van der Waals surface area (Å²) in [5.41, 5.74) is 8.85. The van der Waals surface area contributed by atoms with Gasteiger partial charge in [-0.1, -0.05) is 142 Å². The summed E-state index contributed by atoms with van der Waals surface area (Å²) >= 11 is 0. The van der Waals surface area contributed by atoms with Crippen LogP contribution in [0.15, 0.2) is 23.8 Å². The van der Waals surface area contributed by atoms with Gasteiger partial charge in [-0.25, -0.2) is 0 Å². The molecule has 0 spiro atoms. The highest BCUT2D eigenvalue weighted by Gasteiger charge is 2.59. The van der Waals surface area contributed by atoms with Gasteiger partial charge < -0.3 is 15.2 Å². The van der Waals surface area contributed by atoms with E-state index < -0.39 is 0 Å². The van der Waals surface area contributed by atoms with Crippen LogP contribution in [0.5, 0.6) is 0 Å². The molecule has 0 radical (unpaired) electrons. The fourth-order valence-electron chi connectivity index (χ4n) is 11.8. The van der Waals surface area contributed by atoms with Crippen LogP contribution in [0.1, 0.15) is 202 Å². The van der Waals surface area contributed by atoms with Crippen LogP contribution in [0.25, 0.3) is 0 Å². The largest absolute Gasteiger partial charge is 0.375 e. The Hall–Kier alpha value is -0.640. The van der Waals surface area contributed by atoms with Crippen molar-refractivity contribution >= 4 is 0 Å². The Kier molecular flexibility index (Phi) is 19.2. The minimum Gasteiger partial charge on any atom is -0.375 e. The van der Waals surface area contributed by atoms with Gasteiger partial charge in [-0.15, -0.1) is 0 Å². The Bertz CT molecular complexity index is 1000. The summed E-state index contributed by atoms with van der Waals surface area (Å²) in [4.78, 5) is 0. The van der Waals surface area contributed by atoms with Crippen molar-refractivity contribution in [3.8, 4) is 0 Å². The molecule has 51 heavy (non-hydrogen) atoms. The highest BCUT2D eigenvalue weighted by Crippen LogP contribution is 2.67. The van der Waals surface area contributed by atoms with Crippen LogP contribution < -0.4 is 5.73 Å². The summed E-state index contributed by atoms with van der Waals surface area (Å²) in [5.74, 6) is 5.39. The molecule has 3 heteroatoms. The zero-order valence-corrected chi connectivity index (χ0v) is 35.0. The van der Waals surface area contributed by atoms with E-state index in [9.17, 15) is 0 Å². The molecule has 0 heterocycles. The SMILES string of the molecule is CCCCCCCC/C=C\CCCCCCCCOC(CN)COC1CC[C@@]2(C)C(=CCC3C2CC[C@@]2(C)C3CC[C@@H]2[C@H](C)CCCC(C)C)C1. The van der Waals surface area contributed by atoms with Gasteiger partial charge in [-0.2, -0.15) is 0 Å². The third kappa shape index (κ3) is 12.7. The van der Waals surface area contributed by atoms with Crippen molar-refractivity contribution in [1.29, 1.82) is 0 Å². The molecule has 5 unspecified atom stereocenters. The summed E-state index contributed by atoms with van der Waals surface area (Å²) in [6.45, 7) is 17.1. The lowest BCUT2D eigenvalue weighted by Gasteiger charge is -2.58. The first kappa shape index (κ1) is 43.1. The Balaban J connectivity index is 1.08. The molecule has 3 nitrogen and oxygen atoms in total. The summed E-state index contributed by atoms with van der Waals surface area (Å²) in [6, 6.07) is 0. The number of allylic oxidation sites excluding steroid dienone is 3. The quantitative estimate of drug-likeness (QED) is 0.0718. The zero-order chi connectivity index (χ0) is 36.5. The lowest BCUT2D eigenvalue weighted by Crippen LogP contribution is -2.51. The van der Waals surface area contributed by atoms with Gasteiger partial charge in [0.05, 0.1) is 18.8 Å². The first-order valence-electron chi connectivity index (χ1n) is 23.0. The van der Waals surface area contributed by atoms with Crippen molar-refractivity contribution in [3.05, 3.63) is 23.8 Å². The van der Waals surface area contributed by atoms with E-state index in [-0.39, 0.29) is 6.10 Å². The molecule has 0 aromatic heterocycles. The van der Waals surface area contributed by atoms with Gasteiger partial charge in [-0.05, 0) is 130 Å². The lowest BCUT2D eigenvalue weighted by molar-refractivity contribution is -0.0777. The van der Waals surface area contributed by atoms with E-state index in [1.165, 1.54) is 148 Å². The molecule has 4 aliphatic carbocycles. The molecule has 0 bridgehead atoms. The lowest BCUT2D eigenvalue weighted by atomic mass is 9.47. The Morgan fingerprint density at radius 3 is 2.16 bits per heavy atom. The molecule has 2 N–H and O–H groups in total. The molecule has 4 aliphatic rings. The van der Waals surface area contributed by atoms with Crippen LogP contribution in [0.3, 0.4) is 0 Å². The molecule has 3 saturated carbocycles. The Labute approximate surface area is 318 Å². The molecular weight excluding hydrogens is 623 g/mol. The molecule has 0 aliphatic heterocycles. The standard InChI is InChI=1S/C48H87NO2/c1-7-8-9-10-11-12-13-14-15-16-17-18-19-20-21-22-34-50-42(36-49)37-51-41-30-32-47(5)40(35-41)26-27-43-45-29-28-44(39(4)25-23-24-38(2)3)48(45,6)33-31-46(43)47/h14-15,26,38-39,41-46H,7-13,16-25,27-37,49H2,1-6H3/b15-14-/t39-,41?,42?,43?,44-,45?,46?,47+,48-/m1/s1. The predicted octanol–water partition coefficient (Wildman–Crippen LogP) is 13.8. The predicted molar refractivity (Wildman–Crippen MR) is 221 cm³/mol. The van der Waals surface area contributed by atoms with Gasteiger partial charge in [0, 0.05) is 13.2 Å². The van der Waals surface area contributed by atoms with E-state index >= 15 is 0 Å². The number of hydrogen-bond donors (Lipinski definition) is 1. The number of ether oxygens (including phenoxy) is 2. The average Bonchev–Trinajstić information content (AvgIpc) is 3.48. The van der Waals surface area contributed by atoms with Crippen LogP contribution in [-0.2, 0) is 9.47 Å². The summed E-state index contributed by atoms with van der Waals surface area (Å²) < 4.78 is 12.8. The third-order valence-corrected chi connectivity index (χ3v) is 15.1. The van der Waals surface area contributed by atoms with E-state index in [1.54, 1.807) is 5.57 Å². The van der Waals surface area contributed by atoms with Gasteiger partial charge in [0.25, 0.3) is 0 Å². The molecule has 0 amide bonds. The molecule has 296 valence electrons. The molecular formula is C48H87NO2. The fourth-order valence-corrected chi connectivity index (χ4v) is 11.8. The first-order chi connectivity index (χ1) is 24.7. The van der Waals surface area contributed by atoms with Crippen LogP contribution in [0.4, 0.5) is 0 Å². The highest BCUT2D eigenvalue weighted by molar-refractivity contribution is 5.25. The summed E-state index contributed by atoms with van der Waals surface area (Å²) in [5, 5.41) is 0. The van der Waals surface area contributed by atoms with Crippen molar-refractivity contribution in [2.75, 3.05) is 19.8 Å². The van der Waals surface area contributed by atoms with E-state index in [0.29, 0.717) is 30.1 Å². The van der Waals surface area contributed by atoms with Crippen LogP contribution in [0.2, 0.25) is 0 Å². The Morgan fingerprint density at radius 2 is 1.47 bits per heavy atom. The van der Waals surface area contributed by atoms with E-state index in [1.807, 2.05) is 0 Å². The molecule has 0 aromatic rings. The van der Waals surface area contributed by atoms with Gasteiger partial charge >= 0.3 is 0 Å². The van der Waals surface area contributed by atoms with E-state index in [4.69, 9.17) is 15.2 Å². The minimum absolute atomic E-state index is 0.0326. The van der Waals surface area contributed by atoms with Crippen molar-refractivity contribution in [2.45, 2.75) is 214 Å². The molecule has 9 atom stereocenters. The molecule has 0 aromatic carbocycles. The van der Waals surface area contributed by atoms with Crippen molar-refractivity contribution in [2.24, 2.45) is 52.1 Å². The van der Waals surface area contributed by atoms with Crippen molar-refractivity contribution in [3.63, 3.8) is 0 Å². The maximum atomic E-state index is 6.57. The topological polar surface area (TPSA) is 44.5 Å². The molecule has 3 fully saturated rings. The summed E-state index contributed by atoms with van der Waals surface area (Å²) in [7, 11) is 0. The molecule has 0 saturated heterocycles. The maximum Gasteiger partial charge on any atom is 0.0930 e. The van der Waals surface area contributed by atoms with E-state index in [0.717, 1.165) is 55.0 Å². The van der Waals surface area contributed by atoms with Crippen LogP contribution in [-0.4, -0.2) is 32.0 Å². The summed E-state index contributed by atoms with van der Waals surface area (Å²) in [6.07, 6.45) is 41.7. The fraction of sp³-hybridized carbons (Fsp3) is 0.917. The number of rotatable bonds is 26. The second-order valence-corrected chi connectivity index (χ2v) is 19.2. The minimum atomic E-state index is 0.0326.